The molecule has 1 aliphatic heterocycles. The Morgan fingerprint density at radius 2 is 1.45 bits per heavy atom. The molecule has 0 saturated carbocycles. The second-order valence-corrected chi connectivity index (χ2v) is 10.3. The topological polar surface area (TPSA) is 84.2 Å². The van der Waals surface area contributed by atoms with Crippen LogP contribution in [0, 0.1) is 20.8 Å². The number of rotatable bonds is 4. The van der Waals surface area contributed by atoms with Gasteiger partial charge in [-0.25, -0.2) is 13.1 Å². The van der Waals surface area contributed by atoms with Gasteiger partial charge in [0.05, 0.1) is 10.6 Å². The Labute approximate surface area is 193 Å². The van der Waals surface area contributed by atoms with Crippen molar-refractivity contribution in [3.63, 3.8) is 0 Å². The molecule has 0 unspecified atom stereocenters. The fourth-order valence-electron chi connectivity index (χ4n) is 4.18. The molecule has 1 aliphatic rings. The van der Waals surface area contributed by atoms with E-state index >= 15 is 0 Å². The molecule has 0 spiro atoms. The first-order valence-electron chi connectivity index (χ1n) is 11.0. The third-order valence-electron chi connectivity index (χ3n) is 6.43. The molecule has 4 aromatic rings. The minimum absolute atomic E-state index is 0.332. The van der Waals surface area contributed by atoms with E-state index in [9.17, 15) is 8.42 Å². The maximum absolute atomic E-state index is 13.2. The van der Waals surface area contributed by atoms with Crippen LogP contribution in [0.2, 0.25) is 0 Å². The molecule has 8 nitrogen and oxygen atoms in total. The van der Waals surface area contributed by atoms with E-state index in [-0.39, 0.29) is 0 Å². The van der Waals surface area contributed by atoms with Crippen molar-refractivity contribution >= 4 is 26.6 Å². The van der Waals surface area contributed by atoms with Gasteiger partial charge in [0.25, 0.3) is 0 Å². The Bertz CT molecular complexity index is 1420. The van der Waals surface area contributed by atoms with Gasteiger partial charge in [-0.15, -0.1) is 10.2 Å². The number of anilines is 1. The highest BCUT2D eigenvalue weighted by Gasteiger charge is 2.29. The maximum atomic E-state index is 13.2. The number of hydrogen-bond acceptors (Lipinski definition) is 6. The summed E-state index contributed by atoms with van der Waals surface area (Å²) < 4.78 is 29.8. The largest absolute Gasteiger partial charge is 0.352 e. The van der Waals surface area contributed by atoms with Crippen LogP contribution in [-0.4, -0.2) is 58.9 Å². The summed E-state index contributed by atoms with van der Waals surface area (Å²) in [6, 6.07) is 16.9. The zero-order chi connectivity index (χ0) is 23.2. The summed E-state index contributed by atoms with van der Waals surface area (Å²) in [6.45, 7) is 7.94. The van der Waals surface area contributed by atoms with Gasteiger partial charge in [-0.2, -0.15) is 9.40 Å². The summed E-state index contributed by atoms with van der Waals surface area (Å²) in [6.07, 6.45) is 0. The highest BCUT2D eigenvalue weighted by Crippen LogP contribution is 2.24. The monoisotopic (exact) mass is 462 g/mol. The number of benzene rings is 2. The molecule has 0 bridgehead atoms. The van der Waals surface area contributed by atoms with E-state index in [0.717, 1.165) is 33.5 Å². The standard InChI is InChI=1S/C24H26N6O2S/c1-17-18(2)27-30(19(17)3)24-11-10-23(25-26-24)28-12-14-29(15-13-28)33(31,32)22-9-8-20-6-4-5-7-21(20)16-22/h4-11,16H,12-15H2,1-3H3. The first-order valence-corrected chi connectivity index (χ1v) is 12.4. The van der Waals surface area contributed by atoms with Gasteiger partial charge >= 0.3 is 0 Å². The van der Waals surface area contributed by atoms with Gasteiger partial charge in [0.2, 0.25) is 10.0 Å². The van der Waals surface area contributed by atoms with E-state index in [1.165, 1.54) is 0 Å². The molecule has 1 saturated heterocycles. The van der Waals surface area contributed by atoms with Gasteiger partial charge < -0.3 is 4.90 Å². The van der Waals surface area contributed by atoms with Gasteiger partial charge in [-0.3, -0.25) is 0 Å². The lowest BCUT2D eigenvalue weighted by Crippen LogP contribution is -2.49. The van der Waals surface area contributed by atoms with Crippen molar-refractivity contribution in [2.45, 2.75) is 25.7 Å². The van der Waals surface area contributed by atoms with E-state index in [2.05, 4.69) is 20.2 Å². The Morgan fingerprint density at radius 1 is 0.788 bits per heavy atom. The number of fused-ring (bicyclic) bond motifs is 1. The number of sulfonamides is 1. The number of aryl methyl sites for hydroxylation is 1. The first-order chi connectivity index (χ1) is 15.8. The Balaban J connectivity index is 1.29. The van der Waals surface area contributed by atoms with E-state index in [1.807, 2.05) is 63.2 Å². The summed E-state index contributed by atoms with van der Waals surface area (Å²) in [5.74, 6) is 1.41. The average molecular weight is 463 g/mol. The SMILES string of the molecule is Cc1nn(-c2ccc(N3CCN(S(=O)(=O)c4ccc5ccccc5c4)CC3)nn2)c(C)c1C. The second kappa shape index (κ2) is 8.24. The predicted octanol–water partition coefficient (Wildman–Crippen LogP) is 3.25. The Kier molecular flexibility index (Phi) is 5.38. The predicted molar refractivity (Wildman–Crippen MR) is 128 cm³/mol. The summed E-state index contributed by atoms with van der Waals surface area (Å²) in [4.78, 5) is 2.40. The van der Waals surface area contributed by atoms with Crippen molar-refractivity contribution < 1.29 is 8.42 Å². The van der Waals surface area contributed by atoms with E-state index in [4.69, 9.17) is 0 Å². The minimum atomic E-state index is -3.55. The number of hydrogen-bond donors (Lipinski definition) is 0. The average Bonchev–Trinajstić information content (AvgIpc) is 3.11. The molecule has 0 aliphatic carbocycles. The van der Waals surface area contributed by atoms with Gasteiger partial charge in [-0.1, -0.05) is 30.3 Å². The lowest BCUT2D eigenvalue weighted by molar-refractivity contribution is 0.383. The van der Waals surface area contributed by atoms with Crippen LogP contribution in [0.15, 0.2) is 59.5 Å². The van der Waals surface area contributed by atoms with Crippen molar-refractivity contribution in [1.29, 1.82) is 0 Å². The molecule has 33 heavy (non-hydrogen) atoms. The van der Waals surface area contributed by atoms with Crippen LogP contribution < -0.4 is 4.90 Å². The summed E-state index contributed by atoms with van der Waals surface area (Å²) in [5, 5.41) is 15.2. The van der Waals surface area contributed by atoms with Crippen LogP contribution in [0.3, 0.4) is 0 Å². The summed E-state index contributed by atoms with van der Waals surface area (Å²) in [7, 11) is -3.55. The normalized spacial score (nSPS) is 15.3. The molecule has 3 heterocycles. The third kappa shape index (κ3) is 3.87. The maximum Gasteiger partial charge on any atom is 0.243 e. The summed E-state index contributed by atoms with van der Waals surface area (Å²) in [5.41, 5.74) is 3.16. The zero-order valence-electron chi connectivity index (χ0n) is 18.9. The minimum Gasteiger partial charge on any atom is -0.352 e. The summed E-state index contributed by atoms with van der Waals surface area (Å²) >= 11 is 0. The van der Waals surface area contributed by atoms with Crippen LogP contribution in [-0.2, 0) is 10.0 Å². The third-order valence-corrected chi connectivity index (χ3v) is 8.32. The van der Waals surface area contributed by atoms with Crippen LogP contribution in [0.25, 0.3) is 16.6 Å². The van der Waals surface area contributed by atoms with Crippen LogP contribution in [0.1, 0.15) is 17.0 Å². The number of nitrogens with zero attached hydrogens (tertiary/aromatic N) is 6. The highest BCUT2D eigenvalue weighted by molar-refractivity contribution is 7.89. The lowest BCUT2D eigenvalue weighted by Gasteiger charge is -2.34. The van der Waals surface area contributed by atoms with E-state index in [0.29, 0.717) is 36.9 Å². The van der Waals surface area contributed by atoms with Crippen LogP contribution >= 0.6 is 0 Å². The highest BCUT2D eigenvalue weighted by atomic mass is 32.2. The Morgan fingerprint density at radius 3 is 2.09 bits per heavy atom. The quantitative estimate of drug-likeness (QED) is 0.463. The molecule has 170 valence electrons. The molecule has 5 rings (SSSR count). The van der Waals surface area contributed by atoms with Crippen molar-refractivity contribution in [2.75, 3.05) is 31.1 Å². The van der Waals surface area contributed by atoms with Gasteiger partial charge in [0.15, 0.2) is 11.6 Å². The fraction of sp³-hybridized carbons (Fsp3) is 0.292. The zero-order valence-corrected chi connectivity index (χ0v) is 19.7. The van der Waals surface area contributed by atoms with Gasteiger partial charge in [0.1, 0.15) is 0 Å². The molecule has 0 amide bonds. The molecule has 0 atom stereocenters. The van der Waals surface area contributed by atoms with Crippen LogP contribution in [0.4, 0.5) is 5.82 Å². The molecular weight excluding hydrogens is 436 g/mol. The van der Waals surface area contributed by atoms with Gasteiger partial charge in [-0.05, 0) is 61.4 Å². The molecule has 9 heteroatoms. The van der Waals surface area contributed by atoms with Gasteiger partial charge in [0, 0.05) is 31.9 Å². The number of aromatic nitrogens is 4. The van der Waals surface area contributed by atoms with Crippen molar-refractivity contribution in [3.8, 4) is 5.82 Å². The fourth-order valence-corrected chi connectivity index (χ4v) is 5.64. The lowest BCUT2D eigenvalue weighted by atomic mass is 10.1. The van der Waals surface area contributed by atoms with Crippen molar-refractivity contribution in [3.05, 3.63) is 71.5 Å². The molecular formula is C24H26N6O2S. The smallest absolute Gasteiger partial charge is 0.243 e. The molecule has 2 aromatic heterocycles. The second-order valence-electron chi connectivity index (χ2n) is 8.36. The van der Waals surface area contributed by atoms with E-state index in [1.54, 1.807) is 21.1 Å². The molecule has 0 radical (unpaired) electrons. The number of piperazine rings is 1. The van der Waals surface area contributed by atoms with Crippen molar-refractivity contribution in [1.82, 2.24) is 24.3 Å². The van der Waals surface area contributed by atoms with Crippen LogP contribution in [0.5, 0.6) is 0 Å². The molecule has 1 fully saturated rings. The first kappa shape index (κ1) is 21.5. The Hall–Kier alpha value is -3.30. The molecule has 0 N–H and O–H groups in total. The van der Waals surface area contributed by atoms with E-state index < -0.39 is 10.0 Å². The molecule has 2 aromatic carbocycles. The van der Waals surface area contributed by atoms with Crippen molar-refractivity contribution in [2.24, 2.45) is 0 Å².